The fourth-order valence-corrected chi connectivity index (χ4v) is 10.6. The van der Waals surface area contributed by atoms with Gasteiger partial charge in [0, 0.05) is 37.5 Å². The van der Waals surface area contributed by atoms with Crippen LogP contribution < -0.4 is 25.7 Å². The largest absolute Gasteiger partial charge is 0.453 e. The predicted octanol–water partition coefficient (Wildman–Crippen LogP) is 6.03. The topological polar surface area (TPSA) is 199 Å². The summed E-state index contributed by atoms with van der Waals surface area (Å²) in [4.78, 5) is 46.6. The van der Waals surface area contributed by atoms with Crippen LogP contribution in [0.2, 0.25) is 0 Å². The van der Waals surface area contributed by atoms with Crippen molar-refractivity contribution in [3.05, 3.63) is 87.5 Å². The van der Waals surface area contributed by atoms with E-state index in [1.807, 2.05) is 12.1 Å². The molecule has 62 heavy (non-hydrogen) atoms. The second-order valence-electron chi connectivity index (χ2n) is 17.6. The van der Waals surface area contributed by atoms with Gasteiger partial charge in [0.05, 0.1) is 28.0 Å². The Morgan fingerprint density at radius 2 is 1.73 bits per heavy atom. The molecule has 1 unspecified atom stereocenters. The van der Waals surface area contributed by atoms with E-state index in [1.54, 1.807) is 28.7 Å². The van der Waals surface area contributed by atoms with Crippen LogP contribution in [0.4, 0.5) is 19.4 Å². The minimum Gasteiger partial charge on any atom is -0.453 e. The monoisotopic (exact) mass is 867 g/mol. The van der Waals surface area contributed by atoms with Gasteiger partial charge in [-0.15, -0.1) is 0 Å². The summed E-state index contributed by atoms with van der Waals surface area (Å²) in [5, 5.41) is 21.8. The second-order valence-corrected chi connectivity index (χ2v) is 19.5. The molecule has 0 radical (unpaired) electrons. The Morgan fingerprint density at radius 1 is 0.984 bits per heavy atom. The van der Waals surface area contributed by atoms with Crippen molar-refractivity contribution in [2.75, 3.05) is 24.5 Å². The first-order valence-corrected chi connectivity index (χ1v) is 22.7. The number of aromatic nitrogens is 4. The Morgan fingerprint density at radius 3 is 2.42 bits per heavy atom. The lowest BCUT2D eigenvalue weighted by atomic mass is 9.60. The van der Waals surface area contributed by atoms with Crippen LogP contribution in [0.5, 0.6) is 11.5 Å². The maximum Gasteiger partial charge on any atom is 0.329 e. The third-order valence-corrected chi connectivity index (χ3v) is 15.1. The summed E-state index contributed by atoms with van der Waals surface area (Å²) in [5.41, 5.74) is 1.88. The number of carbonyl (C=O) groups excluding carboxylic acids is 2. The third kappa shape index (κ3) is 7.60. The lowest BCUT2D eigenvalue weighted by molar-refractivity contribution is -0.120. The maximum atomic E-state index is 15.8. The highest BCUT2D eigenvalue weighted by molar-refractivity contribution is 7.89. The van der Waals surface area contributed by atoms with Gasteiger partial charge in [0.15, 0.2) is 17.4 Å². The summed E-state index contributed by atoms with van der Waals surface area (Å²) in [7, 11) is -2.12. The Bertz CT molecular complexity index is 2850. The number of imide groups is 1. The molecule has 4 fully saturated rings. The molecule has 2 saturated carbocycles. The quantitative estimate of drug-likeness (QED) is 0.176. The first-order valence-electron chi connectivity index (χ1n) is 21.0. The molecule has 1 atom stereocenters. The molecule has 4 heterocycles. The number of halogens is 2. The van der Waals surface area contributed by atoms with E-state index in [0.29, 0.717) is 33.7 Å². The molecule has 4 aliphatic rings. The summed E-state index contributed by atoms with van der Waals surface area (Å²) in [5.74, 6) is -1.27. The normalized spacial score (nSPS) is 21.5. The average Bonchev–Trinajstić information content (AvgIpc) is 3.55. The molecule has 1 spiro atoms. The Hall–Kier alpha value is -5.77. The first-order chi connectivity index (χ1) is 29.6. The minimum atomic E-state index is -3.90. The van der Waals surface area contributed by atoms with E-state index in [1.165, 1.54) is 36.1 Å². The molecule has 5 aromatic rings. The van der Waals surface area contributed by atoms with Crippen molar-refractivity contribution in [3.8, 4) is 17.6 Å². The molecule has 3 aromatic carbocycles. The molecular formula is C44H47F2N9O6S. The number of urea groups is 1. The highest BCUT2D eigenvalue weighted by Gasteiger charge is 2.48. The van der Waals surface area contributed by atoms with Crippen LogP contribution in [0.3, 0.4) is 0 Å². The molecule has 3 N–H and O–H groups in total. The molecule has 18 heteroatoms. The van der Waals surface area contributed by atoms with Gasteiger partial charge in [0.25, 0.3) is 5.56 Å². The molecule has 2 aliphatic heterocycles. The van der Waals surface area contributed by atoms with Gasteiger partial charge in [-0.3, -0.25) is 29.1 Å². The zero-order valence-corrected chi connectivity index (χ0v) is 35.3. The van der Waals surface area contributed by atoms with E-state index in [-0.39, 0.29) is 76.7 Å². The van der Waals surface area contributed by atoms with Crippen molar-refractivity contribution in [2.45, 2.75) is 94.4 Å². The number of nitrogens with zero attached hydrogens (tertiary/aromatic N) is 7. The maximum absolute atomic E-state index is 15.8. The van der Waals surface area contributed by atoms with Crippen LogP contribution in [0, 0.1) is 28.4 Å². The van der Waals surface area contributed by atoms with Gasteiger partial charge in [-0.05, 0) is 137 Å². The van der Waals surface area contributed by atoms with Crippen LogP contribution in [0.15, 0.2) is 53.6 Å². The molecule has 2 aliphatic carbocycles. The molecule has 0 bridgehead atoms. The van der Waals surface area contributed by atoms with Gasteiger partial charge in [-0.1, -0.05) is 6.07 Å². The fraction of sp³-hybridized carbons (Fsp3) is 0.455. The Kier molecular flexibility index (Phi) is 10.6. The zero-order chi connectivity index (χ0) is 43.7. The number of likely N-dealkylation sites (tertiary alicyclic amines) is 1. The van der Waals surface area contributed by atoms with Crippen molar-refractivity contribution >= 4 is 49.6 Å². The highest BCUT2D eigenvalue weighted by atomic mass is 32.2. The molecule has 324 valence electrons. The predicted molar refractivity (Wildman–Crippen MR) is 226 cm³/mol. The minimum absolute atomic E-state index is 0.0185. The SMILES string of the molecule is CC(Cc1ccc(F)c(Oc2ccc3ncn(C4CC5(CCN(C6CCC(c7cc8c(cc7F)c(N7CCC(=O)NC7=O)nn8C)CC6)CC5)C4)c(=O)c3c2)c1C#N)S(N)(=O)=O. The number of rotatable bonds is 9. The zero-order valence-electron chi connectivity index (χ0n) is 34.4. The molecule has 3 amide bonds. The number of nitrogens with one attached hydrogen (secondary N) is 1. The van der Waals surface area contributed by atoms with Crippen LogP contribution in [0.1, 0.15) is 93.4 Å². The van der Waals surface area contributed by atoms with Gasteiger partial charge in [-0.2, -0.15) is 10.4 Å². The molecule has 9 rings (SSSR count). The van der Waals surface area contributed by atoms with Crippen molar-refractivity contribution in [3.63, 3.8) is 0 Å². The average molecular weight is 868 g/mol. The van der Waals surface area contributed by atoms with Crippen LogP contribution >= 0.6 is 0 Å². The van der Waals surface area contributed by atoms with E-state index >= 15 is 8.78 Å². The van der Waals surface area contributed by atoms with Crippen LogP contribution in [0.25, 0.3) is 21.8 Å². The van der Waals surface area contributed by atoms with E-state index in [2.05, 4.69) is 20.3 Å². The number of nitriles is 1. The fourth-order valence-electron chi connectivity index (χ4n) is 10.2. The number of fused-ring (bicyclic) bond motifs is 2. The number of primary sulfonamides is 1. The summed E-state index contributed by atoms with van der Waals surface area (Å²) in [6.07, 6.45) is 9.06. The number of carbonyl (C=O) groups is 2. The van der Waals surface area contributed by atoms with Crippen molar-refractivity contribution in [2.24, 2.45) is 17.6 Å². The second kappa shape index (κ2) is 15.9. The number of hydrogen-bond acceptors (Lipinski definition) is 10. The lowest BCUT2D eigenvalue weighted by Crippen LogP contribution is -2.51. The number of aryl methyl sites for hydroxylation is 1. The molecule has 15 nitrogen and oxygen atoms in total. The number of amides is 3. The van der Waals surface area contributed by atoms with E-state index in [0.717, 1.165) is 76.0 Å². The standard InChI is InChI=1S/C44H47F2N9O6S/c1-25(62(48,59)60)17-27-5-9-35(45)40(34(27)23-47)61-30-8-10-37-32(18-30)42(57)55(24-49-37)29-21-44(22-29)12-15-53(16-13-44)28-6-3-26(4-7-28)31-20-38-33(19-36(31)46)41(51-52(38)2)54-14-11-39(56)50-43(54)58/h5,8-10,18-20,24-26,28-29H,3-4,6-7,11-17,21-22H2,1-2H3,(H2,48,59,60)(H,50,56,58). The number of ether oxygens (including phenoxy) is 1. The van der Waals surface area contributed by atoms with Gasteiger partial charge in [0.2, 0.25) is 15.9 Å². The number of piperidine rings is 1. The van der Waals surface area contributed by atoms with Crippen LogP contribution in [-0.4, -0.2) is 75.5 Å². The van der Waals surface area contributed by atoms with Gasteiger partial charge in [0.1, 0.15) is 23.2 Å². The van der Waals surface area contributed by atoms with Gasteiger partial charge < -0.3 is 9.64 Å². The number of hydrogen-bond donors (Lipinski definition) is 2. The lowest BCUT2D eigenvalue weighted by Gasteiger charge is -2.54. The summed E-state index contributed by atoms with van der Waals surface area (Å²) in [6, 6.07) is 12.2. The number of benzene rings is 3. The van der Waals surface area contributed by atoms with Gasteiger partial charge >= 0.3 is 6.03 Å². The number of sulfonamides is 1. The molecular weight excluding hydrogens is 821 g/mol. The number of nitrogens with two attached hydrogens (primary N) is 1. The molecule has 2 aromatic heterocycles. The Labute approximate surface area is 356 Å². The van der Waals surface area contributed by atoms with Crippen LogP contribution in [-0.2, 0) is 28.3 Å². The van der Waals surface area contributed by atoms with E-state index in [4.69, 9.17) is 9.88 Å². The summed E-state index contributed by atoms with van der Waals surface area (Å²) >= 11 is 0. The molecule has 2 saturated heterocycles. The number of anilines is 1. The van der Waals surface area contributed by atoms with Crippen molar-refractivity contribution in [1.29, 1.82) is 5.26 Å². The first kappa shape index (κ1) is 41.6. The van der Waals surface area contributed by atoms with Crippen molar-refractivity contribution in [1.82, 2.24) is 29.5 Å². The van der Waals surface area contributed by atoms with Gasteiger partial charge in [-0.25, -0.2) is 32.1 Å². The summed E-state index contributed by atoms with van der Waals surface area (Å²) in [6.45, 7) is 3.52. The Balaban J connectivity index is 0.818. The van der Waals surface area contributed by atoms with E-state index in [9.17, 15) is 28.1 Å². The van der Waals surface area contributed by atoms with Crippen molar-refractivity contribution < 1.29 is 31.5 Å². The summed E-state index contributed by atoms with van der Waals surface area (Å²) < 4.78 is 63.8. The highest BCUT2D eigenvalue weighted by Crippen LogP contribution is 2.55. The van der Waals surface area contributed by atoms with E-state index < -0.39 is 27.1 Å². The smallest absolute Gasteiger partial charge is 0.329 e. The third-order valence-electron chi connectivity index (χ3n) is 13.9.